The van der Waals surface area contributed by atoms with E-state index in [1.165, 1.54) is 0 Å². The topological polar surface area (TPSA) is 29.1 Å². The second-order valence-electron chi connectivity index (χ2n) is 3.58. The van der Waals surface area contributed by atoms with Crippen molar-refractivity contribution in [1.82, 2.24) is 5.32 Å². The quantitative estimate of drug-likeness (QED) is 0.781. The summed E-state index contributed by atoms with van der Waals surface area (Å²) in [5.41, 5.74) is 0. The first kappa shape index (κ1) is 11.7. The molecule has 1 fully saturated rings. The highest BCUT2D eigenvalue weighted by Gasteiger charge is 2.40. The van der Waals surface area contributed by atoms with Gasteiger partial charge in [-0.2, -0.15) is 24.9 Å². The molecule has 1 N–H and O–H groups in total. The van der Waals surface area contributed by atoms with Crippen LogP contribution in [0.15, 0.2) is 0 Å². The minimum Gasteiger partial charge on any atom is -0.347 e. The molecular formula is C8H12F3NOS. The van der Waals surface area contributed by atoms with Gasteiger partial charge in [0.25, 0.3) is 0 Å². The number of alkyl halides is 3. The number of thioether (sulfide) groups is 1. The van der Waals surface area contributed by atoms with Crippen molar-refractivity contribution < 1.29 is 18.0 Å². The van der Waals surface area contributed by atoms with Crippen LogP contribution in [0.25, 0.3) is 0 Å². The molecule has 0 saturated carbocycles. The Morgan fingerprint density at radius 1 is 1.57 bits per heavy atom. The van der Waals surface area contributed by atoms with Crippen LogP contribution in [-0.4, -0.2) is 29.1 Å². The van der Waals surface area contributed by atoms with Gasteiger partial charge in [0, 0.05) is 11.3 Å². The second kappa shape index (κ2) is 4.00. The van der Waals surface area contributed by atoms with Gasteiger partial charge in [0.2, 0.25) is 0 Å². The Balaban J connectivity index is 2.37. The van der Waals surface area contributed by atoms with Gasteiger partial charge in [-0.1, -0.05) is 0 Å². The van der Waals surface area contributed by atoms with Gasteiger partial charge in [-0.15, -0.1) is 0 Å². The smallest absolute Gasteiger partial charge is 0.347 e. The van der Waals surface area contributed by atoms with E-state index in [2.05, 4.69) is 0 Å². The molecule has 6 heteroatoms. The van der Waals surface area contributed by atoms with Crippen LogP contribution in [0.4, 0.5) is 13.2 Å². The lowest BCUT2D eigenvalue weighted by atomic mass is 10.1. The molecule has 1 unspecified atom stereocenters. The standard InChI is InChI=1S/C8H12F3NOS/c1-7(3-2-4-14-7)5-12-6(13)8(9,10)11/h2-5H2,1H3,(H,12,13). The van der Waals surface area contributed by atoms with Crippen molar-refractivity contribution in [3.63, 3.8) is 0 Å². The SMILES string of the molecule is CC1(CNC(=O)C(F)(F)F)CCCS1. The highest BCUT2D eigenvalue weighted by Crippen LogP contribution is 2.37. The number of amides is 1. The molecule has 0 radical (unpaired) electrons. The van der Waals surface area contributed by atoms with Crippen molar-refractivity contribution in [3.8, 4) is 0 Å². The molecule has 2 nitrogen and oxygen atoms in total. The molecule has 0 aromatic heterocycles. The predicted molar refractivity (Wildman–Crippen MR) is 49.2 cm³/mol. The summed E-state index contributed by atoms with van der Waals surface area (Å²) in [6.07, 6.45) is -2.90. The fourth-order valence-electron chi connectivity index (χ4n) is 1.34. The molecule has 1 heterocycles. The van der Waals surface area contributed by atoms with E-state index in [-0.39, 0.29) is 11.3 Å². The monoisotopic (exact) mass is 227 g/mol. The first-order valence-electron chi connectivity index (χ1n) is 4.32. The summed E-state index contributed by atoms with van der Waals surface area (Å²) in [5, 5.41) is 1.92. The Bertz CT molecular complexity index is 223. The molecule has 82 valence electrons. The molecule has 1 atom stereocenters. The zero-order valence-corrected chi connectivity index (χ0v) is 8.60. The normalized spacial score (nSPS) is 27.7. The van der Waals surface area contributed by atoms with E-state index < -0.39 is 12.1 Å². The third-order valence-corrected chi connectivity index (χ3v) is 3.72. The molecule has 0 aromatic rings. The van der Waals surface area contributed by atoms with E-state index in [0.29, 0.717) is 0 Å². The molecular weight excluding hydrogens is 215 g/mol. The minimum absolute atomic E-state index is 0.0933. The van der Waals surface area contributed by atoms with Crippen LogP contribution >= 0.6 is 11.8 Å². The van der Waals surface area contributed by atoms with Gasteiger partial charge in [-0.25, -0.2) is 0 Å². The van der Waals surface area contributed by atoms with Crippen LogP contribution in [0.5, 0.6) is 0 Å². The fraction of sp³-hybridized carbons (Fsp3) is 0.875. The molecule has 1 aliphatic heterocycles. The Labute approximate surface area is 84.6 Å². The number of hydrogen-bond donors (Lipinski definition) is 1. The van der Waals surface area contributed by atoms with E-state index in [0.717, 1.165) is 18.6 Å². The molecule has 1 aliphatic rings. The first-order chi connectivity index (χ1) is 6.33. The van der Waals surface area contributed by atoms with Crippen LogP contribution in [0.1, 0.15) is 19.8 Å². The van der Waals surface area contributed by atoms with Gasteiger partial charge >= 0.3 is 12.1 Å². The summed E-state index contributed by atoms with van der Waals surface area (Å²) in [6.45, 7) is 1.97. The van der Waals surface area contributed by atoms with Crippen LogP contribution in [-0.2, 0) is 4.79 Å². The molecule has 0 aromatic carbocycles. The van der Waals surface area contributed by atoms with Crippen LogP contribution < -0.4 is 5.32 Å². The lowest BCUT2D eigenvalue weighted by Crippen LogP contribution is -2.43. The van der Waals surface area contributed by atoms with Crippen LogP contribution in [0, 0.1) is 0 Å². The van der Waals surface area contributed by atoms with Crippen molar-refractivity contribution in [2.75, 3.05) is 12.3 Å². The summed E-state index contributed by atoms with van der Waals surface area (Å²) in [5.74, 6) is -0.885. The fourth-order valence-corrected chi connectivity index (χ4v) is 2.59. The van der Waals surface area contributed by atoms with Crippen molar-refractivity contribution in [2.24, 2.45) is 0 Å². The van der Waals surface area contributed by atoms with E-state index in [1.807, 2.05) is 12.2 Å². The molecule has 0 bridgehead atoms. The van der Waals surface area contributed by atoms with Gasteiger partial charge in [-0.05, 0) is 25.5 Å². The number of halogens is 3. The molecule has 1 saturated heterocycles. The summed E-state index contributed by atoms with van der Waals surface area (Å²) in [7, 11) is 0. The molecule has 0 aliphatic carbocycles. The average molecular weight is 227 g/mol. The van der Waals surface area contributed by atoms with Crippen LogP contribution in [0.3, 0.4) is 0 Å². The molecule has 14 heavy (non-hydrogen) atoms. The number of carbonyl (C=O) groups is 1. The number of carbonyl (C=O) groups excluding carboxylic acids is 1. The molecule has 0 spiro atoms. The van der Waals surface area contributed by atoms with Crippen molar-refractivity contribution in [1.29, 1.82) is 0 Å². The van der Waals surface area contributed by atoms with Gasteiger partial charge in [0.15, 0.2) is 0 Å². The Hall–Kier alpha value is -0.390. The average Bonchev–Trinajstić information content (AvgIpc) is 2.47. The largest absolute Gasteiger partial charge is 0.471 e. The molecule has 1 rings (SSSR count). The number of rotatable bonds is 2. The zero-order valence-electron chi connectivity index (χ0n) is 7.78. The second-order valence-corrected chi connectivity index (χ2v) is 5.26. The maximum atomic E-state index is 11.8. The highest BCUT2D eigenvalue weighted by atomic mass is 32.2. The summed E-state index contributed by atoms with van der Waals surface area (Å²) in [6, 6.07) is 0. The van der Waals surface area contributed by atoms with Gasteiger partial charge in [0.05, 0.1) is 0 Å². The van der Waals surface area contributed by atoms with E-state index in [4.69, 9.17) is 0 Å². The van der Waals surface area contributed by atoms with Crippen molar-refractivity contribution in [3.05, 3.63) is 0 Å². The van der Waals surface area contributed by atoms with Crippen LogP contribution in [0.2, 0.25) is 0 Å². The van der Waals surface area contributed by atoms with Crippen molar-refractivity contribution in [2.45, 2.75) is 30.7 Å². The summed E-state index contributed by atoms with van der Waals surface area (Å²) >= 11 is 1.62. The van der Waals surface area contributed by atoms with Gasteiger partial charge < -0.3 is 5.32 Å². The number of nitrogens with one attached hydrogen (secondary N) is 1. The zero-order chi connectivity index (χ0) is 10.8. The Morgan fingerprint density at radius 2 is 2.21 bits per heavy atom. The molecule has 1 amide bonds. The Morgan fingerprint density at radius 3 is 2.64 bits per heavy atom. The maximum absolute atomic E-state index is 11.8. The van der Waals surface area contributed by atoms with Gasteiger partial charge in [0.1, 0.15) is 0 Å². The minimum atomic E-state index is -4.76. The third-order valence-electron chi connectivity index (χ3n) is 2.18. The first-order valence-corrected chi connectivity index (χ1v) is 5.31. The maximum Gasteiger partial charge on any atom is 0.471 e. The predicted octanol–water partition coefficient (Wildman–Crippen LogP) is 1.95. The number of hydrogen-bond acceptors (Lipinski definition) is 2. The summed E-state index contributed by atoms with van der Waals surface area (Å²) in [4.78, 5) is 10.5. The van der Waals surface area contributed by atoms with E-state index >= 15 is 0 Å². The van der Waals surface area contributed by atoms with E-state index in [9.17, 15) is 18.0 Å². The Kier molecular flexibility index (Phi) is 3.34. The lowest BCUT2D eigenvalue weighted by Gasteiger charge is -2.23. The lowest BCUT2D eigenvalue weighted by molar-refractivity contribution is -0.173. The van der Waals surface area contributed by atoms with Crippen molar-refractivity contribution >= 4 is 17.7 Å². The third kappa shape index (κ3) is 3.08. The van der Waals surface area contributed by atoms with Gasteiger partial charge in [-0.3, -0.25) is 4.79 Å². The summed E-state index contributed by atoms with van der Waals surface area (Å²) < 4.78 is 35.3. The van der Waals surface area contributed by atoms with E-state index in [1.54, 1.807) is 11.8 Å². The highest BCUT2D eigenvalue weighted by molar-refractivity contribution is 8.00.